The first-order valence-electron chi connectivity index (χ1n) is 11.3. The fourth-order valence-corrected chi connectivity index (χ4v) is 4.55. The second-order valence-electron chi connectivity index (χ2n) is 8.40. The number of hydrogen-bond donors (Lipinski definition) is 1. The zero-order chi connectivity index (χ0) is 26.2. The third-order valence-electron chi connectivity index (χ3n) is 5.34. The van der Waals surface area contributed by atoms with Crippen molar-refractivity contribution in [1.82, 2.24) is 10.2 Å². The molecule has 0 saturated heterocycles. The van der Waals surface area contributed by atoms with Crippen LogP contribution in [-0.2, 0) is 26.2 Å². The van der Waals surface area contributed by atoms with Gasteiger partial charge in [0.05, 0.1) is 26.2 Å². The molecule has 0 aliphatic heterocycles. The molecular formula is C25H35N3O6S. The highest BCUT2D eigenvalue weighted by molar-refractivity contribution is 7.92. The Morgan fingerprint density at radius 2 is 1.71 bits per heavy atom. The van der Waals surface area contributed by atoms with Gasteiger partial charge in [-0.2, -0.15) is 0 Å². The highest BCUT2D eigenvalue weighted by Crippen LogP contribution is 2.30. The van der Waals surface area contributed by atoms with Crippen molar-refractivity contribution in [2.45, 2.75) is 45.8 Å². The number of hydrogen-bond acceptors (Lipinski definition) is 6. The van der Waals surface area contributed by atoms with Gasteiger partial charge >= 0.3 is 0 Å². The first-order valence-corrected chi connectivity index (χ1v) is 13.2. The van der Waals surface area contributed by atoms with E-state index in [0.717, 1.165) is 16.1 Å². The topological polar surface area (TPSA) is 105 Å². The van der Waals surface area contributed by atoms with Gasteiger partial charge in [-0.1, -0.05) is 31.2 Å². The summed E-state index contributed by atoms with van der Waals surface area (Å²) in [4.78, 5) is 28.1. The molecule has 2 amide bonds. The summed E-state index contributed by atoms with van der Waals surface area (Å²) >= 11 is 0. The van der Waals surface area contributed by atoms with E-state index in [1.54, 1.807) is 49.6 Å². The number of benzene rings is 2. The molecule has 192 valence electrons. The molecule has 0 saturated carbocycles. The molecule has 9 nitrogen and oxygen atoms in total. The van der Waals surface area contributed by atoms with Crippen LogP contribution in [-0.4, -0.2) is 64.2 Å². The van der Waals surface area contributed by atoms with Crippen LogP contribution in [0.25, 0.3) is 0 Å². The molecule has 1 atom stereocenters. The molecule has 2 aromatic carbocycles. The largest absolute Gasteiger partial charge is 0.497 e. The number of anilines is 1. The summed E-state index contributed by atoms with van der Waals surface area (Å²) in [5, 5.41) is 2.86. The van der Waals surface area contributed by atoms with Gasteiger partial charge in [-0.25, -0.2) is 8.42 Å². The van der Waals surface area contributed by atoms with Crippen LogP contribution in [0.15, 0.2) is 48.5 Å². The molecule has 10 heteroatoms. The Morgan fingerprint density at radius 1 is 1.03 bits per heavy atom. The summed E-state index contributed by atoms with van der Waals surface area (Å²) in [5.41, 5.74) is 0.989. The van der Waals surface area contributed by atoms with Crippen molar-refractivity contribution in [3.8, 4) is 11.5 Å². The number of carbonyl (C=O) groups excluding carboxylic acids is 2. The van der Waals surface area contributed by atoms with Crippen LogP contribution >= 0.6 is 0 Å². The maximum atomic E-state index is 13.7. The molecule has 0 radical (unpaired) electrons. The Kier molecular flexibility index (Phi) is 9.94. The van der Waals surface area contributed by atoms with E-state index in [-0.39, 0.29) is 24.2 Å². The van der Waals surface area contributed by atoms with Gasteiger partial charge in [-0.05, 0) is 50.1 Å². The van der Waals surface area contributed by atoms with E-state index in [9.17, 15) is 18.0 Å². The highest BCUT2D eigenvalue weighted by atomic mass is 32.2. The number of sulfonamides is 1. The molecule has 0 aromatic heterocycles. The molecule has 0 aliphatic carbocycles. The quantitative estimate of drug-likeness (QED) is 0.476. The van der Waals surface area contributed by atoms with Crippen LogP contribution in [0.2, 0.25) is 0 Å². The van der Waals surface area contributed by atoms with Crippen LogP contribution in [0.5, 0.6) is 11.5 Å². The van der Waals surface area contributed by atoms with E-state index in [1.807, 2.05) is 26.8 Å². The summed E-state index contributed by atoms with van der Waals surface area (Å²) in [6.07, 6.45) is 1.38. The van der Waals surface area contributed by atoms with E-state index >= 15 is 0 Å². The number of amides is 2. The molecule has 35 heavy (non-hydrogen) atoms. The number of nitrogens with one attached hydrogen (secondary N) is 1. The standard InChI is InChI=1S/C25H35N3O6S/c1-7-21(25(30)26-18(2)3)27(16-19-11-10-12-20(15-19)33-4)24(29)17-28(35(6,31)32)22-13-8-9-14-23(22)34-5/h8-15,18,21H,7,16-17H2,1-6H3,(H,26,30)/t21-/m0/s1. The van der Waals surface area contributed by atoms with Gasteiger partial charge in [0.1, 0.15) is 24.1 Å². The number of methoxy groups -OCH3 is 2. The van der Waals surface area contributed by atoms with Crippen LogP contribution in [0, 0.1) is 0 Å². The Bertz CT molecular complexity index is 1120. The van der Waals surface area contributed by atoms with Crippen molar-refractivity contribution in [2.75, 3.05) is 31.3 Å². The molecule has 1 N–H and O–H groups in total. The summed E-state index contributed by atoms with van der Waals surface area (Å²) in [6.45, 7) is 5.10. The number of nitrogens with zero attached hydrogens (tertiary/aromatic N) is 2. The Balaban J connectivity index is 2.49. The van der Waals surface area contributed by atoms with Crippen LogP contribution in [0.3, 0.4) is 0 Å². The first kappa shape index (κ1) is 28.0. The summed E-state index contributed by atoms with van der Waals surface area (Å²) in [6, 6.07) is 12.8. The minimum absolute atomic E-state index is 0.101. The molecular weight excluding hydrogens is 470 g/mol. The van der Waals surface area contributed by atoms with Gasteiger partial charge in [0.15, 0.2) is 0 Å². The molecule has 0 fully saturated rings. The number of carbonyl (C=O) groups is 2. The van der Waals surface area contributed by atoms with Gasteiger partial charge in [-0.15, -0.1) is 0 Å². The average molecular weight is 506 g/mol. The Labute approximate surface area is 208 Å². The van der Waals surface area contributed by atoms with Crippen molar-refractivity contribution in [2.24, 2.45) is 0 Å². The van der Waals surface area contributed by atoms with Crippen molar-refractivity contribution in [3.63, 3.8) is 0 Å². The predicted molar refractivity (Wildman–Crippen MR) is 136 cm³/mol. The van der Waals surface area contributed by atoms with E-state index in [4.69, 9.17) is 9.47 Å². The summed E-state index contributed by atoms with van der Waals surface area (Å²) < 4.78 is 37.1. The molecule has 0 bridgehead atoms. The number of ether oxygens (including phenoxy) is 2. The van der Waals surface area contributed by atoms with Gasteiger partial charge in [0, 0.05) is 12.6 Å². The molecule has 2 aromatic rings. The van der Waals surface area contributed by atoms with Crippen molar-refractivity contribution in [3.05, 3.63) is 54.1 Å². The third kappa shape index (κ3) is 7.61. The second-order valence-corrected chi connectivity index (χ2v) is 10.3. The van der Waals surface area contributed by atoms with E-state index in [1.165, 1.54) is 12.0 Å². The zero-order valence-corrected chi connectivity index (χ0v) is 22.0. The van der Waals surface area contributed by atoms with Crippen molar-refractivity contribution < 1.29 is 27.5 Å². The number of rotatable bonds is 12. The van der Waals surface area contributed by atoms with Crippen LogP contribution < -0.4 is 19.1 Å². The lowest BCUT2D eigenvalue weighted by molar-refractivity contribution is -0.140. The zero-order valence-electron chi connectivity index (χ0n) is 21.1. The lowest BCUT2D eigenvalue weighted by Gasteiger charge is -2.33. The van der Waals surface area contributed by atoms with E-state index in [2.05, 4.69) is 5.32 Å². The van der Waals surface area contributed by atoms with Crippen LogP contribution in [0.4, 0.5) is 5.69 Å². The number of para-hydroxylation sites is 2. The van der Waals surface area contributed by atoms with Gasteiger partial charge in [0.2, 0.25) is 21.8 Å². The van der Waals surface area contributed by atoms with Gasteiger partial charge in [-0.3, -0.25) is 13.9 Å². The third-order valence-corrected chi connectivity index (χ3v) is 6.46. The average Bonchev–Trinajstić information content (AvgIpc) is 2.81. The van der Waals surface area contributed by atoms with Crippen molar-refractivity contribution in [1.29, 1.82) is 0 Å². The minimum Gasteiger partial charge on any atom is -0.497 e. The van der Waals surface area contributed by atoms with Crippen LogP contribution in [0.1, 0.15) is 32.8 Å². The Hall–Kier alpha value is -3.27. The minimum atomic E-state index is -3.85. The summed E-state index contributed by atoms with van der Waals surface area (Å²) in [7, 11) is -0.873. The SMILES string of the molecule is CC[C@@H](C(=O)NC(C)C)N(Cc1cccc(OC)c1)C(=O)CN(c1ccccc1OC)S(C)(=O)=O. The van der Waals surface area contributed by atoms with E-state index < -0.39 is 28.5 Å². The predicted octanol–water partition coefficient (Wildman–Crippen LogP) is 2.80. The highest BCUT2D eigenvalue weighted by Gasteiger charge is 2.32. The fraction of sp³-hybridized carbons (Fsp3) is 0.440. The molecule has 0 aliphatic rings. The molecule has 2 rings (SSSR count). The van der Waals surface area contributed by atoms with E-state index in [0.29, 0.717) is 17.9 Å². The van der Waals surface area contributed by atoms with Gasteiger partial charge in [0.25, 0.3) is 0 Å². The normalized spacial score (nSPS) is 12.1. The lowest BCUT2D eigenvalue weighted by atomic mass is 10.1. The van der Waals surface area contributed by atoms with Gasteiger partial charge < -0.3 is 19.7 Å². The molecule has 0 unspecified atom stereocenters. The maximum Gasteiger partial charge on any atom is 0.244 e. The second kappa shape index (κ2) is 12.4. The first-order chi connectivity index (χ1) is 16.5. The lowest BCUT2D eigenvalue weighted by Crippen LogP contribution is -2.53. The maximum absolute atomic E-state index is 13.7. The fourth-order valence-electron chi connectivity index (χ4n) is 3.70. The molecule has 0 heterocycles. The van der Waals surface area contributed by atoms with Crippen molar-refractivity contribution >= 4 is 27.5 Å². The smallest absolute Gasteiger partial charge is 0.244 e. The summed E-state index contributed by atoms with van der Waals surface area (Å²) in [5.74, 6) is 0.105. The Morgan fingerprint density at radius 3 is 2.29 bits per heavy atom. The molecule has 0 spiro atoms. The monoisotopic (exact) mass is 505 g/mol.